The van der Waals surface area contributed by atoms with Gasteiger partial charge in [0.2, 0.25) is 5.78 Å². The molecular formula is C17H20OS. The van der Waals surface area contributed by atoms with E-state index in [0.717, 1.165) is 16.9 Å². The zero-order valence-electron chi connectivity index (χ0n) is 12.0. The molecule has 100 valence electrons. The van der Waals surface area contributed by atoms with E-state index in [9.17, 15) is 4.79 Å². The van der Waals surface area contributed by atoms with Gasteiger partial charge in [0.1, 0.15) is 0 Å². The van der Waals surface area contributed by atoms with Crippen molar-refractivity contribution in [1.29, 1.82) is 0 Å². The Bertz CT molecular complexity index is 570. The summed E-state index contributed by atoms with van der Waals surface area (Å²) in [6.07, 6.45) is 1.00. The van der Waals surface area contributed by atoms with Gasteiger partial charge in [0, 0.05) is 10.4 Å². The Labute approximate surface area is 119 Å². The molecule has 19 heavy (non-hydrogen) atoms. The number of aryl methyl sites for hydroxylation is 1. The van der Waals surface area contributed by atoms with Crippen LogP contribution >= 0.6 is 11.3 Å². The van der Waals surface area contributed by atoms with E-state index < -0.39 is 0 Å². The zero-order valence-corrected chi connectivity index (χ0v) is 12.8. The molecule has 0 aliphatic rings. The Balaban J connectivity index is 2.26. The van der Waals surface area contributed by atoms with Crippen LogP contribution in [0.2, 0.25) is 0 Å². The normalized spacial score (nSPS) is 11.6. The van der Waals surface area contributed by atoms with Gasteiger partial charge >= 0.3 is 0 Å². The maximum absolute atomic E-state index is 12.4. The average molecular weight is 272 g/mol. The lowest BCUT2D eigenvalue weighted by molar-refractivity contribution is 0.104. The fourth-order valence-electron chi connectivity index (χ4n) is 1.90. The summed E-state index contributed by atoms with van der Waals surface area (Å²) >= 11 is 1.60. The summed E-state index contributed by atoms with van der Waals surface area (Å²) in [6, 6.07) is 11.9. The Morgan fingerprint density at radius 3 is 2.16 bits per heavy atom. The molecule has 1 aromatic carbocycles. The minimum absolute atomic E-state index is 0.106. The van der Waals surface area contributed by atoms with Crippen LogP contribution in [-0.4, -0.2) is 5.78 Å². The molecule has 2 rings (SSSR count). The molecule has 0 radical (unpaired) electrons. The molecule has 0 saturated heterocycles. The summed E-state index contributed by atoms with van der Waals surface area (Å²) in [5.41, 5.74) is 2.15. The Morgan fingerprint density at radius 1 is 1.05 bits per heavy atom. The van der Waals surface area contributed by atoms with Gasteiger partial charge in [-0.1, -0.05) is 52.0 Å². The van der Waals surface area contributed by atoms with E-state index in [0.29, 0.717) is 0 Å². The van der Waals surface area contributed by atoms with Gasteiger partial charge in [0.15, 0.2) is 0 Å². The van der Waals surface area contributed by atoms with E-state index in [4.69, 9.17) is 0 Å². The predicted octanol–water partition coefficient (Wildman–Crippen LogP) is 4.84. The summed E-state index contributed by atoms with van der Waals surface area (Å²) < 4.78 is 0. The highest BCUT2D eigenvalue weighted by Crippen LogP contribution is 2.30. The van der Waals surface area contributed by atoms with Crippen LogP contribution in [0.5, 0.6) is 0 Å². The Kier molecular flexibility index (Phi) is 3.91. The molecule has 0 unspecified atom stereocenters. The second-order valence-corrected chi connectivity index (χ2v) is 6.88. The lowest BCUT2D eigenvalue weighted by Crippen LogP contribution is -2.07. The standard InChI is InChI=1S/C17H20OS/c1-5-12-6-8-13(9-7-12)16(18)14-10-11-15(19-14)17(2,3)4/h6-11H,5H2,1-4H3. The minimum atomic E-state index is 0.106. The molecule has 2 aromatic rings. The fourth-order valence-corrected chi connectivity index (χ4v) is 2.92. The number of rotatable bonds is 3. The van der Waals surface area contributed by atoms with E-state index in [1.165, 1.54) is 10.4 Å². The van der Waals surface area contributed by atoms with E-state index in [-0.39, 0.29) is 11.2 Å². The van der Waals surface area contributed by atoms with Gasteiger partial charge in [-0.25, -0.2) is 0 Å². The van der Waals surface area contributed by atoms with Crippen LogP contribution in [0.4, 0.5) is 0 Å². The topological polar surface area (TPSA) is 17.1 Å². The molecular weight excluding hydrogens is 252 g/mol. The van der Waals surface area contributed by atoms with Gasteiger partial charge in [0.05, 0.1) is 4.88 Å². The maximum Gasteiger partial charge on any atom is 0.202 e. The van der Waals surface area contributed by atoms with Crippen LogP contribution in [-0.2, 0) is 11.8 Å². The van der Waals surface area contributed by atoms with Crippen molar-refractivity contribution in [3.8, 4) is 0 Å². The van der Waals surface area contributed by atoms with E-state index >= 15 is 0 Å². The highest BCUT2D eigenvalue weighted by molar-refractivity contribution is 7.14. The lowest BCUT2D eigenvalue weighted by atomic mass is 9.95. The summed E-state index contributed by atoms with van der Waals surface area (Å²) in [6.45, 7) is 8.63. The average Bonchev–Trinajstić information content (AvgIpc) is 2.87. The molecule has 0 bridgehead atoms. The number of carbonyl (C=O) groups is 1. The Hall–Kier alpha value is -1.41. The second-order valence-electron chi connectivity index (χ2n) is 5.79. The summed E-state index contributed by atoms with van der Waals surface area (Å²) in [5.74, 6) is 0.128. The van der Waals surface area contributed by atoms with Gasteiger partial charge in [0.25, 0.3) is 0 Å². The molecule has 0 saturated carbocycles. The van der Waals surface area contributed by atoms with E-state index in [2.05, 4.69) is 33.8 Å². The first-order valence-corrected chi connectivity index (χ1v) is 7.47. The summed E-state index contributed by atoms with van der Waals surface area (Å²) in [5, 5.41) is 0. The first kappa shape index (κ1) is 14.0. The van der Waals surface area contributed by atoms with Gasteiger partial charge in [-0.2, -0.15) is 0 Å². The molecule has 1 heterocycles. The van der Waals surface area contributed by atoms with Crippen molar-refractivity contribution in [2.45, 2.75) is 39.5 Å². The van der Waals surface area contributed by atoms with Crippen molar-refractivity contribution < 1.29 is 4.79 Å². The maximum atomic E-state index is 12.4. The van der Waals surface area contributed by atoms with Crippen molar-refractivity contribution in [3.63, 3.8) is 0 Å². The summed E-state index contributed by atoms with van der Waals surface area (Å²) in [7, 11) is 0. The SMILES string of the molecule is CCc1ccc(C(=O)c2ccc(C(C)(C)C)s2)cc1. The molecule has 1 aromatic heterocycles. The van der Waals surface area contributed by atoms with Crippen molar-refractivity contribution in [3.05, 3.63) is 57.3 Å². The third-order valence-electron chi connectivity index (χ3n) is 3.19. The summed E-state index contributed by atoms with van der Waals surface area (Å²) in [4.78, 5) is 14.5. The monoisotopic (exact) mass is 272 g/mol. The molecule has 0 spiro atoms. The van der Waals surface area contributed by atoms with Crippen LogP contribution in [0.15, 0.2) is 36.4 Å². The predicted molar refractivity (Wildman–Crippen MR) is 82.3 cm³/mol. The molecule has 0 aliphatic carbocycles. The molecule has 2 heteroatoms. The minimum Gasteiger partial charge on any atom is -0.288 e. The van der Waals surface area contributed by atoms with E-state index in [1.807, 2.05) is 30.3 Å². The zero-order chi connectivity index (χ0) is 14.0. The van der Waals surface area contributed by atoms with E-state index in [1.54, 1.807) is 11.3 Å². The third kappa shape index (κ3) is 3.13. The highest BCUT2D eigenvalue weighted by atomic mass is 32.1. The van der Waals surface area contributed by atoms with Crippen molar-refractivity contribution in [1.82, 2.24) is 0 Å². The number of benzene rings is 1. The number of carbonyl (C=O) groups excluding carboxylic acids is 1. The first-order chi connectivity index (χ1) is 8.91. The van der Waals surface area contributed by atoms with Crippen molar-refractivity contribution in [2.24, 2.45) is 0 Å². The van der Waals surface area contributed by atoms with Crippen LogP contribution in [0, 0.1) is 0 Å². The van der Waals surface area contributed by atoms with Gasteiger partial charge in [-0.15, -0.1) is 11.3 Å². The van der Waals surface area contributed by atoms with Crippen LogP contribution in [0.25, 0.3) is 0 Å². The quantitative estimate of drug-likeness (QED) is 0.731. The molecule has 0 atom stereocenters. The molecule has 0 amide bonds. The lowest BCUT2D eigenvalue weighted by Gasteiger charge is -2.15. The smallest absolute Gasteiger partial charge is 0.202 e. The third-order valence-corrected chi connectivity index (χ3v) is 4.70. The number of thiophene rings is 1. The largest absolute Gasteiger partial charge is 0.288 e. The molecule has 1 nitrogen and oxygen atoms in total. The number of hydrogen-bond acceptors (Lipinski definition) is 2. The number of hydrogen-bond donors (Lipinski definition) is 0. The van der Waals surface area contributed by atoms with Crippen LogP contribution in [0.3, 0.4) is 0 Å². The van der Waals surface area contributed by atoms with Gasteiger partial charge in [-0.05, 0) is 29.5 Å². The molecule has 0 fully saturated rings. The second kappa shape index (κ2) is 5.30. The van der Waals surface area contributed by atoms with Crippen molar-refractivity contribution in [2.75, 3.05) is 0 Å². The first-order valence-electron chi connectivity index (χ1n) is 6.66. The molecule has 0 N–H and O–H groups in total. The van der Waals surface area contributed by atoms with Crippen LogP contribution < -0.4 is 0 Å². The van der Waals surface area contributed by atoms with Crippen molar-refractivity contribution >= 4 is 17.1 Å². The van der Waals surface area contributed by atoms with Gasteiger partial charge in [-0.3, -0.25) is 4.79 Å². The fraction of sp³-hybridized carbons (Fsp3) is 0.353. The number of ketones is 1. The molecule has 0 aliphatic heterocycles. The van der Waals surface area contributed by atoms with Crippen LogP contribution in [0.1, 0.15) is 53.4 Å². The highest BCUT2D eigenvalue weighted by Gasteiger charge is 2.19. The Morgan fingerprint density at radius 2 is 1.68 bits per heavy atom. The van der Waals surface area contributed by atoms with Gasteiger partial charge < -0.3 is 0 Å².